The van der Waals surface area contributed by atoms with Gasteiger partial charge < -0.3 is 19.0 Å². The second kappa shape index (κ2) is 11.0. The average molecular weight is 528 g/mol. The molecule has 1 saturated heterocycles. The van der Waals surface area contributed by atoms with E-state index in [1.807, 2.05) is 35.2 Å². The van der Waals surface area contributed by atoms with Crippen LogP contribution in [-0.2, 0) is 11.2 Å². The summed E-state index contributed by atoms with van der Waals surface area (Å²) in [5.74, 6) is 4.05. The molecule has 3 aliphatic rings. The molecule has 2 heterocycles. The fraction of sp³-hybridized carbons (Fsp3) is 0.500. The number of thiocarbonyl (C=S) groups is 1. The molecule has 5 rings (SSSR count). The zero-order valence-electron chi connectivity index (χ0n) is 20.8. The van der Waals surface area contributed by atoms with E-state index >= 15 is 0 Å². The number of nitrogens with zero attached hydrogens (tertiary/aromatic N) is 1. The Morgan fingerprint density at radius 2 is 2.03 bits per heavy atom. The lowest BCUT2D eigenvalue weighted by Crippen LogP contribution is -2.41. The first-order chi connectivity index (χ1) is 17.5. The summed E-state index contributed by atoms with van der Waals surface area (Å²) in [7, 11) is 3.25. The van der Waals surface area contributed by atoms with Crippen molar-refractivity contribution in [2.45, 2.75) is 57.4 Å². The highest BCUT2D eigenvalue weighted by atomic mass is 32.2. The van der Waals surface area contributed by atoms with Crippen molar-refractivity contribution in [3.63, 3.8) is 0 Å². The fourth-order valence-electron chi connectivity index (χ4n) is 5.91. The molecule has 3 fully saturated rings. The Morgan fingerprint density at radius 1 is 1.17 bits per heavy atom. The van der Waals surface area contributed by atoms with Crippen molar-refractivity contribution in [3.05, 3.63) is 40.5 Å². The minimum absolute atomic E-state index is 0.00811. The topological polar surface area (TPSA) is 72.1 Å². The molecule has 1 aliphatic heterocycles. The van der Waals surface area contributed by atoms with Gasteiger partial charge in [-0.2, -0.15) is 0 Å². The van der Waals surface area contributed by atoms with Crippen LogP contribution in [-0.4, -0.2) is 47.1 Å². The van der Waals surface area contributed by atoms with E-state index in [9.17, 15) is 4.79 Å². The molecule has 2 aromatic rings. The smallest absolute Gasteiger partial charge is 0.266 e. The Hall–Kier alpha value is -2.29. The number of aliphatic hydroxyl groups excluding tert-OH is 1. The van der Waals surface area contributed by atoms with E-state index < -0.39 is 0 Å². The van der Waals surface area contributed by atoms with Crippen LogP contribution in [0.1, 0.15) is 56.3 Å². The van der Waals surface area contributed by atoms with Crippen molar-refractivity contribution >= 4 is 40.3 Å². The summed E-state index contributed by atoms with van der Waals surface area (Å²) in [6, 6.07) is 7.91. The first-order valence-electron chi connectivity index (χ1n) is 12.8. The van der Waals surface area contributed by atoms with Crippen LogP contribution >= 0.6 is 24.0 Å². The zero-order valence-corrected chi connectivity index (χ0v) is 22.5. The van der Waals surface area contributed by atoms with E-state index in [0.29, 0.717) is 38.2 Å². The number of methoxy groups -OCH3 is 2. The Morgan fingerprint density at radius 3 is 2.72 bits per heavy atom. The molecule has 2 saturated carbocycles. The predicted octanol–water partition coefficient (Wildman–Crippen LogP) is 6.06. The maximum Gasteiger partial charge on any atom is 0.266 e. The SMILES string of the molecule is COc1ccc(-c2cc(CCCCCO)c(/C=C3\SC(=S)N(C4CC5CCC4C5)C3=O)o2)c(OC)c1. The molecule has 192 valence electrons. The summed E-state index contributed by atoms with van der Waals surface area (Å²) in [6.07, 6.45) is 10.1. The summed E-state index contributed by atoms with van der Waals surface area (Å²) < 4.78 is 18.0. The highest BCUT2D eigenvalue weighted by Crippen LogP contribution is 2.49. The number of rotatable bonds is 10. The van der Waals surface area contributed by atoms with Crippen LogP contribution in [0.3, 0.4) is 0 Å². The molecule has 2 bridgehead atoms. The largest absolute Gasteiger partial charge is 0.497 e. The third-order valence-electron chi connectivity index (χ3n) is 7.74. The summed E-state index contributed by atoms with van der Waals surface area (Å²) in [4.78, 5) is 16.0. The third kappa shape index (κ3) is 4.95. The number of fused-ring (bicyclic) bond motifs is 2. The maximum absolute atomic E-state index is 13.5. The van der Waals surface area contributed by atoms with Crippen molar-refractivity contribution in [2.75, 3.05) is 20.8 Å². The molecule has 6 nitrogen and oxygen atoms in total. The number of amides is 1. The van der Waals surface area contributed by atoms with Crippen LogP contribution in [0.15, 0.2) is 33.6 Å². The molecule has 3 atom stereocenters. The average Bonchev–Trinajstić information content (AvgIpc) is 3.66. The van der Waals surface area contributed by atoms with Crippen LogP contribution in [0.4, 0.5) is 0 Å². The molecule has 3 unspecified atom stereocenters. The molecule has 36 heavy (non-hydrogen) atoms. The Bertz CT molecular complexity index is 1170. The second-order valence-corrected chi connectivity index (χ2v) is 11.6. The van der Waals surface area contributed by atoms with Gasteiger partial charge in [0, 0.05) is 24.8 Å². The monoisotopic (exact) mass is 527 g/mol. The Balaban J connectivity index is 1.45. The molecule has 0 radical (unpaired) electrons. The summed E-state index contributed by atoms with van der Waals surface area (Å²) in [5.41, 5.74) is 1.86. The number of furan rings is 1. The van der Waals surface area contributed by atoms with E-state index in [0.717, 1.165) is 49.1 Å². The highest BCUT2D eigenvalue weighted by Gasteiger charge is 2.48. The first kappa shape index (κ1) is 25.4. The number of carbonyl (C=O) groups excluding carboxylic acids is 1. The minimum atomic E-state index is 0.00811. The molecule has 8 heteroatoms. The first-order valence-corrected chi connectivity index (χ1v) is 14.0. The van der Waals surface area contributed by atoms with Crippen molar-refractivity contribution in [3.8, 4) is 22.8 Å². The van der Waals surface area contributed by atoms with Crippen LogP contribution in [0.25, 0.3) is 17.4 Å². The Kier molecular flexibility index (Phi) is 7.74. The van der Waals surface area contributed by atoms with Gasteiger partial charge >= 0.3 is 0 Å². The van der Waals surface area contributed by atoms with Crippen molar-refractivity contribution in [2.24, 2.45) is 11.8 Å². The molecule has 0 spiro atoms. The Labute approximate surface area is 222 Å². The standard InChI is InChI=1S/C28H33NO5S2/c1-32-20-9-10-21(24(15-20)33-2)25-14-19(6-4-3-5-11-30)23(34-25)16-26-27(31)29(28(35)36-26)22-13-17-7-8-18(22)12-17/h9-10,14-18,22,30H,3-8,11-13H2,1-2H3/b26-16-. The lowest BCUT2D eigenvalue weighted by molar-refractivity contribution is -0.124. The van der Waals surface area contributed by atoms with Crippen molar-refractivity contribution < 1.29 is 23.8 Å². The number of hydrogen-bond donors (Lipinski definition) is 1. The number of aliphatic hydroxyl groups is 1. The molecular formula is C28H33NO5S2. The zero-order chi connectivity index (χ0) is 25.2. The van der Waals surface area contributed by atoms with Gasteiger partial charge in [-0.3, -0.25) is 9.69 Å². The predicted molar refractivity (Wildman–Crippen MR) is 146 cm³/mol. The number of aryl methyl sites for hydroxylation is 1. The lowest BCUT2D eigenvalue weighted by Gasteiger charge is -2.30. The van der Waals surface area contributed by atoms with Crippen LogP contribution in [0.5, 0.6) is 11.5 Å². The maximum atomic E-state index is 13.5. The van der Waals surface area contributed by atoms with Crippen LogP contribution < -0.4 is 9.47 Å². The van der Waals surface area contributed by atoms with Gasteiger partial charge in [0.1, 0.15) is 27.3 Å². The van der Waals surface area contributed by atoms with Gasteiger partial charge in [-0.25, -0.2) is 0 Å². The van der Waals surface area contributed by atoms with Gasteiger partial charge in [0.05, 0.1) is 24.7 Å². The highest BCUT2D eigenvalue weighted by molar-refractivity contribution is 8.26. The molecular weight excluding hydrogens is 494 g/mol. The van der Waals surface area contributed by atoms with E-state index in [4.69, 9.17) is 31.2 Å². The van der Waals surface area contributed by atoms with E-state index in [-0.39, 0.29) is 18.6 Å². The van der Waals surface area contributed by atoms with Gasteiger partial charge in [0.25, 0.3) is 5.91 Å². The van der Waals surface area contributed by atoms with E-state index in [1.54, 1.807) is 14.2 Å². The van der Waals surface area contributed by atoms with Gasteiger partial charge in [-0.05, 0) is 74.1 Å². The number of ether oxygens (including phenoxy) is 2. The van der Waals surface area contributed by atoms with Crippen molar-refractivity contribution in [1.82, 2.24) is 4.90 Å². The normalized spacial score (nSPS) is 24.4. The number of benzene rings is 1. The number of thioether (sulfide) groups is 1. The van der Waals surface area contributed by atoms with Gasteiger partial charge in [-0.15, -0.1) is 0 Å². The molecule has 1 amide bonds. The second-order valence-electron chi connectivity index (χ2n) is 9.89. The summed E-state index contributed by atoms with van der Waals surface area (Å²) in [5, 5.41) is 9.16. The van der Waals surface area contributed by atoms with E-state index in [1.165, 1.54) is 31.0 Å². The van der Waals surface area contributed by atoms with Crippen LogP contribution in [0.2, 0.25) is 0 Å². The van der Waals surface area contributed by atoms with E-state index in [2.05, 4.69) is 0 Å². The molecule has 1 aromatic heterocycles. The van der Waals surface area contributed by atoms with Gasteiger partial charge in [-0.1, -0.05) is 36.8 Å². The van der Waals surface area contributed by atoms with Crippen LogP contribution in [0, 0.1) is 11.8 Å². The molecule has 1 N–H and O–H groups in total. The van der Waals surface area contributed by atoms with Crippen molar-refractivity contribution in [1.29, 1.82) is 0 Å². The quantitative estimate of drug-likeness (QED) is 0.229. The fourth-order valence-corrected chi connectivity index (χ4v) is 7.26. The number of hydrogen-bond acceptors (Lipinski definition) is 7. The number of unbranched alkanes of at least 4 members (excludes halogenated alkanes) is 2. The molecule has 1 aromatic carbocycles. The molecule has 2 aliphatic carbocycles. The van der Waals surface area contributed by atoms with Gasteiger partial charge in [0.15, 0.2) is 0 Å². The third-order valence-corrected chi connectivity index (χ3v) is 9.07. The number of carbonyl (C=O) groups is 1. The minimum Gasteiger partial charge on any atom is -0.497 e. The lowest BCUT2D eigenvalue weighted by atomic mass is 9.94. The summed E-state index contributed by atoms with van der Waals surface area (Å²) >= 11 is 7.06. The summed E-state index contributed by atoms with van der Waals surface area (Å²) in [6.45, 7) is 0.192. The van der Waals surface area contributed by atoms with Gasteiger partial charge in [0.2, 0.25) is 0 Å².